The summed E-state index contributed by atoms with van der Waals surface area (Å²) in [5.41, 5.74) is 0. The van der Waals surface area contributed by atoms with Gasteiger partial charge in [0.25, 0.3) is 0 Å². The number of hydrogen-bond donors (Lipinski definition) is 0. The highest BCUT2D eigenvalue weighted by Gasteiger charge is 2.24. The number of carbonyl (C=O) groups excluding carboxylic acids is 1. The fraction of sp³-hybridized carbons (Fsp3) is 0.875. The third kappa shape index (κ3) is 1.91. The van der Waals surface area contributed by atoms with Crippen LogP contribution >= 0.6 is 0 Å². The molecular weight excluding hydrogens is 145 g/mol. The fourth-order valence-electron chi connectivity index (χ4n) is 1.41. The molecule has 0 aromatic rings. The van der Waals surface area contributed by atoms with Crippen LogP contribution in [0.15, 0.2) is 0 Å². The maximum absolute atomic E-state index is 12.1. The SMILES string of the molecule is CCC(=O)N1CC[C@@H](CF)C1. The van der Waals surface area contributed by atoms with Crippen molar-refractivity contribution in [3.8, 4) is 0 Å². The molecule has 1 rings (SSSR count). The minimum atomic E-state index is -0.284. The van der Waals surface area contributed by atoms with Gasteiger partial charge >= 0.3 is 0 Å². The molecule has 2 nitrogen and oxygen atoms in total. The second-order valence-corrected chi connectivity index (χ2v) is 3.00. The van der Waals surface area contributed by atoms with Crippen LogP contribution in [0.1, 0.15) is 19.8 Å². The molecule has 64 valence electrons. The summed E-state index contributed by atoms with van der Waals surface area (Å²) in [5.74, 6) is 0.256. The largest absolute Gasteiger partial charge is 0.342 e. The molecule has 1 aliphatic rings. The Hall–Kier alpha value is -0.600. The summed E-state index contributed by atoms with van der Waals surface area (Å²) >= 11 is 0. The molecule has 1 heterocycles. The number of amides is 1. The Bertz CT molecular complexity index is 149. The average molecular weight is 159 g/mol. The Morgan fingerprint density at radius 2 is 2.45 bits per heavy atom. The summed E-state index contributed by atoms with van der Waals surface area (Å²) in [6.07, 6.45) is 1.38. The average Bonchev–Trinajstić information content (AvgIpc) is 2.50. The Labute approximate surface area is 66.4 Å². The lowest BCUT2D eigenvalue weighted by atomic mass is 10.1. The van der Waals surface area contributed by atoms with Crippen molar-refractivity contribution in [1.82, 2.24) is 4.90 Å². The van der Waals surface area contributed by atoms with Crippen molar-refractivity contribution in [3.05, 3.63) is 0 Å². The van der Waals surface area contributed by atoms with E-state index in [4.69, 9.17) is 0 Å². The van der Waals surface area contributed by atoms with Crippen molar-refractivity contribution in [3.63, 3.8) is 0 Å². The first-order chi connectivity index (χ1) is 5.27. The first kappa shape index (κ1) is 8.50. The smallest absolute Gasteiger partial charge is 0.222 e. The van der Waals surface area contributed by atoms with Crippen LogP contribution in [0.4, 0.5) is 4.39 Å². The second-order valence-electron chi connectivity index (χ2n) is 3.00. The molecule has 1 fully saturated rings. The van der Waals surface area contributed by atoms with Gasteiger partial charge in [0.15, 0.2) is 0 Å². The van der Waals surface area contributed by atoms with E-state index in [9.17, 15) is 9.18 Å². The highest BCUT2D eigenvalue weighted by atomic mass is 19.1. The molecule has 0 aliphatic carbocycles. The lowest BCUT2D eigenvalue weighted by molar-refractivity contribution is -0.129. The summed E-state index contributed by atoms with van der Waals surface area (Å²) in [5, 5.41) is 0. The number of likely N-dealkylation sites (tertiary alicyclic amines) is 1. The van der Waals surface area contributed by atoms with E-state index in [1.165, 1.54) is 0 Å². The van der Waals surface area contributed by atoms with Crippen molar-refractivity contribution in [1.29, 1.82) is 0 Å². The molecule has 11 heavy (non-hydrogen) atoms. The van der Waals surface area contributed by atoms with Gasteiger partial charge in [-0.3, -0.25) is 9.18 Å². The molecule has 0 aromatic heterocycles. The number of nitrogens with zero attached hydrogens (tertiary/aromatic N) is 1. The Morgan fingerprint density at radius 3 is 2.91 bits per heavy atom. The normalized spacial score (nSPS) is 24.2. The topological polar surface area (TPSA) is 20.3 Å². The Balaban J connectivity index is 2.35. The van der Waals surface area contributed by atoms with Crippen LogP contribution in [0.5, 0.6) is 0 Å². The number of carbonyl (C=O) groups is 1. The molecule has 0 N–H and O–H groups in total. The Kier molecular flexibility index (Phi) is 2.85. The van der Waals surface area contributed by atoms with Crippen molar-refractivity contribution in [2.45, 2.75) is 19.8 Å². The summed E-state index contributed by atoms with van der Waals surface area (Å²) in [6.45, 7) is 2.93. The van der Waals surface area contributed by atoms with Crippen LogP contribution in [0, 0.1) is 5.92 Å². The van der Waals surface area contributed by atoms with Crippen molar-refractivity contribution in [2.24, 2.45) is 5.92 Å². The zero-order chi connectivity index (χ0) is 8.27. The second kappa shape index (κ2) is 3.69. The molecule has 0 radical (unpaired) electrons. The van der Waals surface area contributed by atoms with E-state index in [2.05, 4.69) is 0 Å². The van der Waals surface area contributed by atoms with E-state index in [-0.39, 0.29) is 18.5 Å². The molecule has 1 amide bonds. The summed E-state index contributed by atoms with van der Waals surface area (Å²) in [7, 11) is 0. The van der Waals surface area contributed by atoms with Gasteiger partial charge in [-0.15, -0.1) is 0 Å². The van der Waals surface area contributed by atoms with E-state index in [1.807, 2.05) is 6.92 Å². The van der Waals surface area contributed by atoms with Gasteiger partial charge in [-0.05, 0) is 6.42 Å². The van der Waals surface area contributed by atoms with Gasteiger partial charge in [0.2, 0.25) is 5.91 Å². The molecule has 1 saturated heterocycles. The highest BCUT2D eigenvalue weighted by Crippen LogP contribution is 2.16. The summed E-state index contributed by atoms with van der Waals surface area (Å²) in [4.78, 5) is 12.8. The minimum Gasteiger partial charge on any atom is -0.342 e. The number of hydrogen-bond acceptors (Lipinski definition) is 1. The van der Waals surface area contributed by atoms with Crippen LogP contribution in [0.2, 0.25) is 0 Å². The maximum atomic E-state index is 12.1. The van der Waals surface area contributed by atoms with Gasteiger partial charge in [0.1, 0.15) is 0 Å². The fourth-order valence-corrected chi connectivity index (χ4v) is 1.41. The third-order valence-corrected chi connectivity index (χ3v) is 2.16. The standard InChI is InChI=1S/C8H14FNO/c1-2-8(11)10-4-3-7(5-9)6-10/h7H,2-6H2,1H3/t7-/m0/s1. The molecule has 0 spiro atoms. The maximum Gasteiger partial charge on any atom is 0.222 e. The Morgan fingerprint density at radius 1 is 1.73 bits per heavy atom. The van der Waals surface area contributed by atoms with Gasteiger partial charge in [0.05, 0.1) is 6.67 Å². The molecular formula is C8H14FNO. The molecule has 0 unspecified atom stereocenters. The minimum absolute atomic E-state index is 0.102. The molecule has 1 atom stereocenters. The molecule has 3 heteroatoms. The molecule has 0 aromatic carbocycles. The molecule has 0 saturated carbocycles. The third-order valence-electron chi connectivity index (χ3n) is 2.16. The van der Waals surface area contributed by atoms with Gasteiger partial charge in [0, 0.05) is 25.4 Å². The summed E-state index contributed by atoms with van der Waals surface area (Å²) < 4.78 is 12.1. The van der Waals surface area contributed by atoms with E-state index in [0.717, 1.165) is 13.0 Å². The number of rotatable bonds is 2. The van der Waals surface area contributed by atoms with E-state index >= 15 is 0 Å². The van der Waals surface area contributed by atoms with Crippen LogP contribution in [0.25, 0.3) is 0 Å². The van der Waals surface area contributed by atoms with Crippen molar-refractivity contribution < 1.29 is 9.18 Å². The molecule has 0 bridgehead atoms. The number of alkyl halides is 1. The zero-order valence-electron chi connectivity index (χ0n) is 6.85. The van der Waals surface area contributed by atoms with Gasteiger partial charge in [-0.2, -0.15) is 0 Å². The van der Waals surface area contributed by atoms with Gasteiger partial charge < -0.3 is 4.90 Å². The first-order valence-electron chi connectivity index (χ1n) is 4.11. The number of halogens is 1. The van der Waals surface area contributed by atoms with Gasteiger partial charge in [-0.25, -0.2) is 0 Å². The quantitative estimate of drug-likeness (QED) is 0.593. The van der Waals surface area contributed by atoms with E-state index < -0.39 is 0 Å². The zero-order valence-corrected chi connectivity index (χ0v) is 6.85. The van der Waals surface area contributed by atoms with Crippen LogP contribution < -0.4 is 0 Å². The lowest BCUT2D eigenvalue weighted by Gasteiger charge is -2.14. The van der Waals surface area contributed by atoms with Gasteiger partial charge in [-0.1, -0.05) is 6.92 Å². The lowest BCUT2D eigenvalue weighted by Crippen LogP contribution is -2.27. The predicted octanol–water partition coefficient (Wildman–Crippen LogP) is 1.21. The monoisotopic (exact) mass is 159 g/mol. The predicted molar refractivity (Wildman–Crippen MR) is 41.0 cm³/mol. The van der Waals surface area contributed by atoms with Crippen molar-refractivity contribution in [2.75, 3.05) is 19.8 Å². The van der Waals surface area contributed by atoms with Crippen LogP contribution in [-0.2, 0) is 4.79 Å². The summed E-state index contributed by atoms with van der Waals surface area (Å²) in [6, 6.07) is 0. The van der Waals surface area contributed by atoms with Crippen LogP contribution in [-0.4, -0.2) is 30.6 Å². The first-order valence-corrected chi connectivity index (χ1v) is 4.11. The van der Waals surface area contributed by atoms with Crippen molar-refractivity contribution >= 4 is 5.91 Å². The molecule has 1 aliphatic heterocycles. The van der Waals surface area contributed by atoms with Crippen LogP contribution in [0.3, 0.4) is 0 Å². The van der Waals surface area contributed by atoms with E-state index in [0.29, 0.717) is 13.0 Å². The highest BCUT2D eigenvalue weighted by molar-refractivity contribution is 5.76. The van der Waals surface area contributed by atoms with E-state index in [1.54, 1.807) is 4.90 Å².